The van der Waals surface area contributed by atoms with E-state index in [-0.39, 0.29) is 24.3 Å². The zero-order chi connectivity index (χ0) is 22.4. The van der Waals surface area contributed by atoms with Gasteiger partial charge in [0.05, 0.1) is 11.9 Å². The lowest BCUT2D eigenvalue weighted by molar-refractivity contribution is -0.120. The van der Waals surface area contributed by atoms with Gasteiger partial charge in [0.25, 0.3) is 0 Å². The maximum absolute atomic E-state index is 12.7. The number of rotatable bonds is 6. The number of amides is 2. The van der Waals surface area contributed by atoms with Gasteiger partial charge in [-0.1, -0.05) is 26.0 Å². The molecule has 1 aromatic heterocycles. The van der Waals surface area contributed by atoms with Gasteiger partial charge >= 0.3 is 0 Å². The van der Waals surface area contributed by atoms with Crippen molar-refractivity contribution in [2.45, 2.75) is 26.8 Å². The third-order valence-corrected chi connectivity index (χ3v) is 5.44. The maximum Gasteiger partial charge on any atom is 0.246 e. The van der Waals surface area contributed by atoms with Crippen molar-refractivity contribution < 1.29 is 9.59 Å². The number of nitrogens with zero attached hydrogens (tertiary/aromatic N) is 5. The van der Waals surface area contributed by atoms with Gasteiger partial charge in [-0.15, -0.1) is 0 Å². The second-order valence-electron chi connectivity index (χ2n) is 7.74. The Balaban J connectivity index is 1.57. The highest BCUT2D eigenvalue weighted by molar-refractivity contribution is 5.98. The first-order valence-corrected chi connectivity index (χ1v) is 10.6. The first-order chi connectivity index (χ1) is 14.9. The van der Waals surface area contributed by atoms with E-state index < -0.39 is 0 Å². The average molecular weight is 426 g/mol. The standard InChI is InChI=1S/C22H31N7O2/c1-5-16(2)21(31)26-18-8-6-7-17(11-18)12-24-22(23-3)28-9-10-29(20(30)15-28)19-13-25-27(4)14-19/h6-8,11,13-14,16H,5,9-10,12,15H2,1-4H3,(H,23,24)(H,26,31). The molecule has 2 aromatic rings. The first-order valence-electron chi connectivity index (χ1n) is 10.6. The van der Waals surface area contributed by atoms with Gasteiger partial charge in [0.1, 0.15) is 6.54 Å². The number of aromatic nitrogens is 2. The minimum atomic E-state index is -0.0246. The van der Waals surface area contributed by atoms with Gasteiger partial charge in [-0.2, -0.15) is 5.10 Å². The summed E-state index contributed by atoms with van der Waals surface area (Å²) in [6, 6.07) is 7.74. The monoisotopic (exact) mass is 425 g/mol. The highest BCUT2D eigenvalue weighted by atomic mass is 16.2. The minimum absolute atomic E-state index is 0.0111. The van der Waals surface area contributed by atoms with Crippen LogP contribution in [-0.2, 0) is 23.2 Å². The summed E-state index contributed by atoms with van der Waals surface area (Å²) in [6.45, 7) is 5.95. The van der Waals surface area contributed by atoms with Crippen LogP contribution in [0.15, 0.2) is 41.7 Å². The third kappa shape index (κ3) is 5.62. The van der Waals surface area contributed by atoms with Crippen LogP contribution in [-0.4, -0.2) is 59.1 Å². The maximum atomic E-state index is 12.7. The third-order valence-electron chi connectivity index (χ3n) is 5.44. The van der Waals surface area contributed by atoms with Crippen LogP contribution >= 0.6 is 0 Å². The average Bonchev–Trinajstić information content (AvgIpc) is 3.19. The SMILES string of the molecule is CCC(C)C(=O)Nc1cccc(CNC(=NC)N2CCN(c3cnn(C)c3)C(=O)C2)c1. The molecule has 1 saturated heterocycles. The van der Waals surface area contributed by atoms with E-state index in [0.717, 1.165) is 23.4 Å². The molecule has 2 amide bonds. The summed E-state index contributed by atoms with van der Waals surface area (Å²) < 4.78 is 1.69. The fourth-order valence-corrected chi connectivity index (χ4v) is 3.40. The molecular formula is C22H31N7O2. The number of aryl methyl sites for hydroxylation is 1. The molecule has 1 aliphatic heterocycles. The number of hydrogen-bond acceptors (Lipinski definition) is 4. The van der Waals surface area contributed by atoms with Gasteiger partial charge < -0.3 is 20.4 Å². The molecule has 0 radical (unpaired) electrons. The lowest BCUT2D eigenvalue weighted by Crippen LogP contribution is -2.55. The van der Waals surface area contributed by atoms with Crippen molar-refractivity contribution in [2.75, 3.05) is 36.9 Å². The van der Waals surface area contributed by atoms with Crippen molar-refractivity contribution in [3.63, 3.8) is 0 Å². The molecule has 31 heavy (non-hydrogen) atoms. The van der Waals surface area contributed by atoms with E-state index in [1.807, 2.05) is 56.3 Å². The number of piperazine rings is 1. The smallest absolute Gasteiger partial charge is 0.246 e. The van der Waals surface area contributed by atoms with Gasteiger partial charge in [-0.3, -0.25) is 19.3 Å². The zero-order valence-corrected chi connectivity index (χ0v) is 18.6. The van der Waals surface area contributed by atoms with Crippen LogP contribution in [0.4, 0.5) is 11.4 Å². The number of nitrogens with one attached hydrogen (secondary N) is 2. The van der Waals surface area contributed by atoms with E-state index in [1.165, 1.54) is 0 Å². The number of carbonyl (C=O) groups is 2. The van der Waals surface area contributed by atoms with Crippen molar-refractivity contribution in [1.82, 2.24) is 20.0 Å². The number of benzene rings is 1. The summed E-state index contributed by atoms with van der Waals surface area (Å²) in [6.07, 6.45) is 4.34. The van der Waals surface area contributed by atoms with E-state index in [1.54, 1.807) is 22.8 Å². The summed E-state index contributed by atoms with van der Waals surface area (Å²) in [5.74, 6) is 0.682. The molecule has 2 N–H and O–H groups in total. The Morgan fingerprint density at radius 1 is 1.32 bits per heavy atom. The number of carbonyl (C=O) groups excluding carboxylic acids is 2. The van der Waals surface area contributed by atoms with E-state index in [0.29, 0.717) is 25.6 Å². The van der Waals surface area contributed by atoms with Crippen LogP contribution in [0.5, 0.6) is 0 Å². The molecule has 0 aliphatic carbocycles. The quantitative estimate of drug-likeness (QED) is 0.544. The largest absolute Gasteiger partial charge is 0.352 e. The lowest BCUT2D eigenvalue weighted by atomic mass is 10.1. The summed E-state index contributed by atoms with van der Waals surface area (Å²) in [7, 11) is 3.55. The second kappa shape index (κ2) is 10.1. The molecule has 1 aromatic carbocycles. The van der Waals surface area contributed by atoms with E-state index in [9.17, 15) is 9.59 Å². The molecule has 1 aliphatic rings. The van der Waals surface area contributed by atoms with Gasteiger partial charge in [0.2, 0.25) is 11.8 Å². The number of hydrogen-bond donors (Lipinski definition) is 2. The van der Waals surface area contributed by atoms with Crippen molar-refractivity contribution >= 4 is 29.1 Å². The lowest BCUT2D eigenvalue weighted by Gasteiger charge is -2.35. The Labute approximate surface area is 183 Å². The van der Waals surface area contributed by atoms with Crippen LogP contribution in [0.1, 0.15) is 25.8 Å². The fourth-order valence-electron chi connectivity index (χ4n) is 3.40. The Kier molecular flexibility index (Phi) is 7.28. The molecule has 3 rings (SSSR count). The van der Waals surface area contributed by atoms with Crippen LogP contribution in [0.25, 0.3) is 0 Å². The molecule has 1 atom stereocenters. The minimum Gasteiger partial charge on any atom is -0.352 e. The molecule has 0 saturated carbocycles. The fraction of sp³-hybridized carbons (Fsp3) is 0.455. The zero-order valence-electron chi connectivity index (χ0n) is 18.6. The van der Waals surface area contributed by atoms with E-state index in [2.05, 4.69) is 20.7 Å². The predicted molar refractivity (Wildman–Crippen MR) is 122 cm³/mol. The van der Waals surface area contributed by atoms with Crippen LogP contribution < -0.4 is 15.5 Å². The van der Waals surface area contributed by atoms with Crippen LogP contribution in [0.3, 0.4) is 0 Å². The van der Waals surface area contributed by atoms with Crippen molar-refractivity contribution in [2.24, 2.45) is 18.0 Å². The van der Waals surface area contributed by atoms with Crippen molar-refractivity contribution in [3.05, 3.63) is 42.2 Å². The Bertz CT molecular complexity index is 953. The number of guanidine groups is 1. The van der Waals surface area contributed by atoms with Crippen molar-refractivity contribution in [1.29, 1.82) is 0 Å². The Morgan fingerprint density at radius 3 is 2.77 bits per heavy atom. The molecular weight excluding hydrogens is 394 g/mol. The molecule has 0 bridgehead atoms. The number of anilines is 2. The highest BCUT2D eigenvalue weighted by Gasteiger charge is 2.27. The molecule has 1 fully saturated rings. The summed E-state index contributed by atoms with van der Waals surface area (Å²) >= 11 is 0. The second-order valence-corrected chi connectivity index (χ2v) is 7.74. The van der Waals surface area contributed by atoms with Gasteiger partial charge in [0.15, 0.2) is 5.96 Å². The predicted octanol–water partition coefficient (Wildman–Crippen LogP) is 1.83. The van der Waals surface area contributed by atoms with Gasteiger partial charge in [0, 0.05) is 51.5 Å². The molecule has 9 heteroatoms. The number of aliphatic imine (C=N–C) groups is 1. The normalized spacial score (nSPS) is 15.7. The topological polar surface area (TPSA) is 94.9 Å². The molecule has 0 spiro atoms. The molecule has 9 nitrogen and oxygen atoms in total. The van der Waals surface area contributed by atoms with Gasteiger partial charge in [-0.25, -0.2) is 0 Å². The van der Waals surface area contributed by atoms with E-state index in [4.69, 9.17) is 0 Å². The van der Waals surface area contributed by atoms with E-state index >= 15 is 0 Å². The van der Waals surface area contributed by atoms with Crippen LogP contribution in [0.2, 0.25) is 0 Å². The first kappa shape index (κ1) is 22.3. The molecule has 166 valence electrons. The summed E-state index contributed by atoms with van der Waals surface area (Å²) in [5, 5.41) is 10.4. The van der Waals surface area contributed by atoms with Gasteiger partial charge in [-0.05, 0) is 24.1 Å². The molecule has 2 heterocycles. The summed E-state index contributed by atoms with van der Waals surface area (Å²) in [4.78, 5) is 32.8. The Hall–Kier alpha value is -3.36. The van der Waals surface area contributed by atoms with Crippen LogP contribution in [0, 0.1) is 5.92 Å². The highest BCUT2D eigenvalue weighted by Crippen LogP contribution is 2.17. The Morgan fingerprint density at radius 2 is 2.13 bits per heavy atom. The molecule has 1 unspecified atom stereocenters. The summed E-state index contributed by atoms with van der Waals surface area (Å²) in [5.41, 5.74) is 2.61. The van der Waals surface area contributed by atoms with Crippen molar-refractivity contribution in [3.8, 4) is 0 Å².